The first kappa shape index (κ1) is 22.9. The molecule has 0 saturated carbocycles. The molecule has 0 unspecified atom stereocenters. The van der Waals surface area contributed by atoms with E-state index in [0.29, 0.717) is 16.9 Å². The Kier molecular flexibility index (Phi) is 6.51. The fourth-order valence-corrected chi connectivity index (χ4v) is 5.86. The van der Waals surface area contributed by atoms with Gasteiger partial charge in [-0.15, -0.1) is 11.3 Å². The number of aryl methyl sites for hydroxylation is 1. The highest BCUT2D eigenvalue weighted by Crippen LogP contribution is 2.24. The number of carbonyl (C=O) groups excluding carboxylic acids is 1. The van der Waals surface area contributed by atoms with E-state index in [1.54, 1.807) is 30.5 Å². The first-order chi connectivity index (χ1) is 14.5. The van der Waals surface area contributed by atoms with Crippen LogP contribution in [-0.2, 0) is 20.0 Å². The standard InChI is InChI=1S/C20H21N3O5S3/c1-14-6-9-17(13-18(14)31(27,28)23(2)3)21-20(24)15-7-10-16(11-8-15)22-30(25,26)19-5-4-12-29-19/h4-13,22H,1-3H3,(H,21,24). The van der Waals surface area contributed by atoms with E-state index in [0.717, 1.165) is 15.6 Å². The molecule has 0 atom stereocenters. The molecule has 2 N–H and O–H groups in total. The van der Waals surface area contributed by atoms with E-state index in [-0.39, 0.29) is 14.7 Å². The minimum absolute atomic E-state index is 0.105. The average molecular weight is 480 g/mol. The summed E-state index contributed by atoms with van der Waals surface area (Å²) in [4.78, 5) is 12.7. The van der Waals surface area contributed by atoms with Crippen molar-refractivity contribution in [3.63, 3.8) is 0 Å². The van der Waals surface area contributed by atoms with Crippen LogP contribution < -0.4 is 10.0 Å². The van der Waals surface area contributed by atoms with Crippen LogP contribution >= 0.6 is 11.3 Å². The molecule has 31 heavy (non-hydrogen) atoms. The van der Waals surface area contributed by atoms with E-state index < -0.39 is 26.0 Å². The van der Waals surface area contributed by atoms with Gasteiger partial charge in [-0.3, -0.25) is 9.52 Å². The molecule has 164 valence electrons. The average Bonchev–Trinajstić information content (AvgIpc) is 3.25. The number of nitrogens with one attached hydrogen (secondary N) is 2. The number of sulfonamides is 2. The van der Waals surface area contributed by atoms with Crippen molar-refractivity contribution in [1.82, 2.24) is 4.31 Å². The molecule has 0 aliphatic rings. The van der Waals surface area contributed by atoms with Gasteiger partial charge < -0.3 is 5.32 Å². The fraction of sp³-hybridized carbons (Fsp3) is 0.150. The third-order valence-corrected chi connectivity index (χ3v) is 9.10. The van der Waals surface area contributed by atoms with Gasteiger partial charge in [0.05, 0.1) is 4.90 Å². The van der Waals surface area contributed by atoms with Crippen LogP contribution in [0.5, 0.6) is 0 Å². The zero-order valence-corrected chi connectivity index (χ0v) is 19.4. The smallest absolute Gasteiger partial charge is 0.271 e. The lowest BCUT2D eigenvalue weighted by Gasteiger charge is -2.15. The minimum atomic E-state index is -3.67. The third kappa shape index (κ3) is 5.13. The zero-order chi connectivity index (χ0) is 22.8. The van der Waals surface area contributed by atoms with E-state index in [1.165, 1.54) is 50.5 Å². The monoisotopic (exact) mass is 479 g/mol. The van der Waals surface area contributed by atoms with Gasteiger partial charge in [-0.1, -0.05) is 12.1 Å². The third-order valence-electron chi connectivity index (χ3n) is 4.36. The molecule has 0 fully saturated rings. The van der Waals surface area contributed by atoms with Crippen molar-refractivity contribution in [3.05, 3.63) is 71.1 Å². The molecule has 0 saturated heterocycles. The van der Waals surface area contributed by atoms with Gasteiger partial charge in [0.15, 0.2) is 0 Å². The summed E-state index contributed by atoms with van der Waals surface area (Å²) in [6.07, 6.45) is 0. The molecule has 2 aromatic carbocycles. The molecule has 0 bridgehead atoms. The number of hydrogen-bond acceptors (Lipinski definition) is 6. The van der Waals surface area contributed by atoms with E-state index in [4.69, 9.17) is 0 Å². The second-order valence-electron chi connectivity index (χ2n) is 6.84. The lowest BCUT2D eigenvalue weighted by molar-refractivity contribution is 0.102. The molecule has 0 aliphatic carbocycles. The molecular formula is C20H21N3O5S3. The number of benzene rings is 2. The van der Waals surface area contributed by atoms with Gasteiger partial charge in [0.25, 0.3) is 15.9 Å². The van der Waals surface area contributed by atoms with Crippen LogP contribution in [0.3, 0.4) is 0 Å². The Bertz CT molecular complexity index is 1300. The minimum Gasteiger partial charge on any atom is -0.322 e. The van der Waals surface area contributed by atoms with Crippen molar-refractivity contribution in [3.8, 4) is 0 Å². The lowest BCUT2D eigenvalue weighted by Crippen LogP contribution is -2.23. The summed E-state index contributed by atoms with van der Waals surface area (Å²) in [5.74, 6) is -0.454. The van der Waals surface area contributed by atoms with E-state index in [2.05, 4.69) is 10.0 Å². The molecule has 3 aromatic rings. The van der Waals surface area contributed by atoms with Crippen LogP contribution in [0.4, 0.5) is 11.4 Å². The normalized spacial score (nSPS) is 12.0. The summed E-state index contributed by atoms with van der Waals surface area (Å²) in [5, 5.41) is 4.34. The van der Waals surface area contributed by atoms with Gasteiger partial charge in [-0.2, -0.15) is 0 Å². The van der Waals surface area contributed by atoms with Gasteiger partial charge in [-0.25, -0.2) is 21.1 Å². The molecule has 1 aromatic heterocycles. The summed E-state index contributed by atoms with van der Waals surface area (Å²) in [5.41, 5.74) is 1.50. The van der Waals surface area contributed by atoms with Crippen LogP contribution in [0, 0.1) is 6.92 Å². The maximum atomic E-state index is 12.6. The van der Waals surface area contributed by atoms with Gasteiger partial charge >= 0.3 is 0 Å². The Labute approximate surface area is 185 Å². The van der Waals surface area contributed by atoms with Crippen LogP contribution in [0.25, 0.3) is 0 Å². The summed E-state index contributed by atoms with van der Waals surface area (Å²) < 4.78 is 53.2. The Morgan fingerprint density at radius 1 is 0.935 bits per heavy atom. The predicted molar refractivity (Wildman–Crippen MR) is 122 cm³/mol. The molecule has 0 radical (unpaired) electrons. The lowest BCUT2D eigenvalue weighted by atomic mass is 10.2. The van der Waals surface area contributed by atoms with Crippen LogP contribution in [0.1, 0.15) is 15.9 Å². The quantitative estimate of drug-likeness (QED) is 0.540. The number of hydrogen-bond donors (Lipinski definition) is 2. The first-order valence-electron chi connectivity index (χ1n) is 9.01. The van der Waals surface area contributed by atoms with Crippen LogP contribution in [-0.4, -0.2) is 41.1 Å². The van der Waals surface area contributed by atoms with Crippen LogP contribution in [0.15, 0.2) is 69.1 Å². The van der Waals surface area contributed by atoms with Crippen LogP contribution in [0.2, 0.25) is 0 Å². The molecule has 11 heteroatoms. The van der Waals surface area contributed by atoms with Crippen molar-refractivity contribution in [2.75, 3.05) is 24.1 Å². The van der Waals surface area contributed by atoms with Gasteiger partial charge in [-0.05, 0) is 60.3 Å². The number of rotatable bonds is 7. The van der Waals surface area contributed by atoms with Gasteiger partial charge in [0.1, 0.15) is 4.21 Å². The highest BCUT2D eigenvalue weighted by atomic mass is 32.2. The fourth-order valence-electron chi connectivity index (χ4n) is 2.67. The van der Waals surface area contributed by atoms with Crippen molar-refractivity contribution < 1.29 is 21.6 Å². The predicted octanol–water partition coefficient (Wildman–Crippen LogP) is 3.36. The Morgan fingerprint density at radius 3 is 2.16 bits per heavy atom. The summed E-state index contributed by atoms with van der Waals surface area (Å²) in [6.45, 7) is 1.68. The topological polar surface area (TPSA) is 113 Å². The molecule has 8 nitrogen and oxygen atoms in total. The summed E-state index contributed by atoms with van der Waals surface area (Å²) >= 11 is 1.10. The molecule has 0 spiro atoms. The number of amides is 1. The molecule has 0 aliphatic heterocycles. The molecule has 3 rings (SSSR count). The highest BCUT2D eigenvalue weighted by Gasteiger charge is 2.21. The maximum Gasteiger partial charge on any atom is 0.271 e. The second-order valence-corrected chi connectivity index (χ2v) is 11.8. The van der Waals surface area contributed by atoms with E-state index >= 15 is 0 Å². The molecule has 1 amide bonds. The van der Waals surface area contributed by atoms with Gasteiger partial charge in [0.2, 0.25) is 10.0 Å². The molecule has 1 heterocycles. The number of anilines is 2. The number of carbonyl (C=O) groups is 1. The van der Waals surface area contributed by atoms with Crippen molar-refractivity contribution in [2.45, 2.75) is 16.0 Å². The van der Waals surface area contributed by atoms with Crippen molar-refractivity contribution in [1.29, 1.82) is 0 Å². The largest absolute Gasteiger partial charge is 0.322 e. The van der Waals surface area contributed by atoms with E-state index in [9.17, 15) is 21.6 Å². The zero-order valence-electron chi connectivity index (χ0n) is 17.0. The summed E-state index contributed by atoms with van der Waals surface area (Å²) in [6, 6.07) is 13.7. The van der Waals surface area contributed by atoms with E-state index in [1.807, 2.05) is 0 Å². The Hall–Kier alpha value is -2.73. The Morgan fingerprint density at radius 2 is 1.58 bits per heavy atom. The Balaban J connectivity index is 1.76. The SMILES string of the molecule is Cc1ccc(NC(=O)c2ccc(NS(=O)(=O)c3cccs3)cc2)cc1S(=O)(=O)N(C)C. The number of nitrogens with zero attached hydrogens (tertiary/aromatic N) is 1. The number of thiophene rings is 1. The molecular weight excluding hydrogens is 458 g/mol. The van der Waals surface area contributed by atoms with Crippen molar-refractivity contribution in [2.24, 2.45) is 0 Å². The summed E-state index contributed by atoms with van der Waals surface area (Å²) in [7, 11) is -4.45. The van der Waals surface area contributed by atoms with Crippen molar-refractivity contribution >= 4 is 48.7 Å². The first-order valence-corrected chi connectivity index (χ1v) is 12.8. The second kappa shape index (κ2) is 8.79. The highest BCUT2D eigenvalue weighted by molar-refractivity contribution is 7.94. The van der Waals surface area contributed by atoms with Gasteiger partial charge in [0, 0.05) is 31.0 Å². The maximum absolute atomic E-state index is 12.6.